The Labute approximate surface area is 190 Å². The molecule has 4 rings (SSSR count). The van der Waals surface area contributed by atoms with Gasteiger partial charge in [0, 0.05) is 36.4 Å². The van der Waals surface area contributed by atoms with Gasteiger partial charge in [-0.25, -0.2) is 0 Å². The summed E-state index contributed by atoms with van der Waals surface area (Å²) in [6.07, 6.45) is 1.86. The summed E-state index contributed by atoms with van der Waals surface area (Å²) in [7, 11) is 4.20. The van der Waals surface area contributed by atoms with Crippen LogP contribution in [0.15, 0.2) is 54.7 Å². The summed E-state index contributed by atoms with van der Waals surface area (Å²) in [6.45, 7) is 8.37. The van der Waals surface area contributed by atoms with E-state index in [-0.39, 0.29) is 12.1 Å². The van der Waals surface area contributed by atoms with Crippen molar-refractivity contribution in [3.63, 3.8) is 0 Å². The molecule has 0 radical (unpaired) electrons. The number of benzene rings is 1. The first-order valence-electron chi connectivity index (χ1n) is 10.8. The maximum Gasteiger partial charge on any atom is 0.170 e. The van der Waals surface area contributed by atoms with E-state index < -0.39 is 0 Å². The minimum absolute atomic E-state index is 0.0154. The number of pyridine rings is 1. The van der Waals surface area contributed by atoms with Crippen LogP contribution in [-0.4, -0.2) is 51.6 Å². The molecule has 1 aliphatic heterocycles. The first-order chi connectivity index (χ1) is 14.9. The van der Waals surface area contributed by atoms with Gasteiger partial charge in [0.05, 0.1) is 17.8 Å². The highest BCUT2D eigenvalue weighted by molar-refractivity contribution is 7.80. The van der Waals surface area contributed by atoms with Gasteiger partial charge < -0.3 is 19.7 Å². The first-order valence-corrected chi connectivity index (χ1v) is 11.2. The largest absolute Gasteiger partial charge is 0.352 e. The van der Waals surface area contributed by atoms with Crippen LogP contribution in [0, 0.1) is 20.8 Å². The van der Waals surface area contributed by atoms with E-state index in [2.05, 4.69) is 95.9 Å². The van der Waals surface area contributed by atoms with E-state index in [9.17, 15) is 0 Å². The predicted molar refractivity (Wildman–Crippen MR) is 131 cm³/mol. The van der Waals surface area contributed by atoms with Gasteiger partial charge in [-0.05, 0) is 82.5 Å². The van der Waals surface area contributed by atoms with Gasteiger partial charge in [-0.1, -0.05) is 24.3 Å². The molecule has 1 N–H and O–H groups in total. The number of likely N-dealkylation sites (N-methyl/N-ethyl adjacent to an activating group) is 1. The number of nitrogens with zero attached hydrogens (tertiary/aromatic N) is 4. The molecule has 1 aliphatic rings. The molecule has 0 saturated carbocycles. The molecule has 1 aromatic carbocycles. The summed E-state index contributed by atoms with van der Waals surface area (Å²) < 4.78 is 2.37. The molecule has 2 aromatic heterocycles. The maximum atomic E-state index is 5.81. The minimum atomic E-state index is 0.0154. The SMILES string of the molecule is Cc1ccccc1-n1c(C)cc([C@@H]2[C@@H](c3ccccn3)NC(=S)N2CCN(C)C)c1C. The lowest BCUT2D eigenvalue weighted by Gasteiger charge is -2.29. The van der Waals surface area contributed by atoms with Gasteiger partial charge in [0.25, 0.3) is 0 Å². The van der Waals surface area contributed by atoms with Crippen LogP contribution in [0.2, 0.25) is 0 Å². The Morgan fingerprint density at radius 2 is 1.81 bits per heavy atom. The summed E-state index contributed by atoms with van der Waals surface area (Å²) in [5.41, 5.74) is 7.28. The van der Waals surface area contributed by atoms with E-state index in [0.29, 0.717) is 0 Å². The van der Waals surface area contributed by atoms with Crippen LogP contribution < -0.4 is 5.32 Å². The van der Waals surface area contributed by atoms with Gasteiger partial charge in [0.15, 0.2) is 5.11 Å². The van der Waals surface area contributed by atoms with Crippen molar-refractivity contribution in [3.05, 3.63) is 82.9 Å². The van der Waals surface area contributed by atoms with Crippen molar-refractivity contribution in [1.82, 2.24) is 24.7 Å². The van der Waals surface area contributed by atoms with Crippen molar-refractivity contribution in [2.24, 2.45) is 0 Å². The fraction of sp³-hybridized carbons (Fsp3) is 0.360. The van der Waals surface area contributed by atoms with E-state index in [1.165, 1.54) is 28.2 Å². The fourth-order valence-corrected chi connectivity index (χ4v) is 4.90. The fourth-order valence-electron chi connectivity index (χ4n) is 4.56. The average Bonchev–Trinajstić information content (AvgIpc) is 3.23. The Morgan fingerprint density at radius 1 is 1.06 bits per heavy atom. The zero-order valence-electron chi connectivity index (χ0n) is 19.0. The van der Waals surface area contributed by atoms with Gasteiger partial charge in [-0.2, -0.15) is 0 Å². The Balaban J connectivity index is 1.82. The Bertz CT molecular complexity index is 1070. The number of para-hydroxylation sites is 1. The summed E-state index contributed by atoms with van der Waals surface area (Å²) in [5.74, 6) is 0. The number of aryl methyl sites for hydroxylation is 2. The highest BCUT2D eigenvalue weighted by Crippen LogP contribution is 2.41. The summed E-state index contributed by atoms with van der Waals surface area (Å²) in [5, 5.41) is 4.36. The molecular weight excluding hydrogens is 402 g/mol. The zero-order valence-corrected chi connectivity index (χ0v) is 19.8. The maximum absolute atomic E-state index is 5.81. The third kappa shape index (κ3) is 4.10. The van der Waals surface area contributed by atoms with Crippen LogP contribution in [0.3, 0.4) is 0 Å². The molecule has 0 unspecified atom stereocenters. The van der Waals surface area contributed by atoms with Gasteiger partial charge in [-0.15, -0.1) is 0 Å². The molecule has 5 nitrogen and oxygen atoms in total. The van der Waals surface area contributed by atoms with E-state index in [4.69, 9.17) is 12.2 Å². The van der Waals surface area contributed by atoms with Gasteiger partial charge in [-0.3, -0.25) is 4.98 Å². The molecule has 162 valence electrons. The number of rotatable bonds is 6. The topological polar surface area (TPSA) is 36.3 Å². The van der Waals surface area contributed by atoms with E-state index in [0.717, 1.165) is 23.9 Å². The molecule has 3 heterocycles. The van der Waals surface area contributed by atoms with Crippen molar-refractivity contribution in [2.45, 2.75) is 32.9 Å². The lowest BCUT2D eigenvalue weighted by molar-refractivity contribution is 0.277. The van der Waals surface area contributed by atoms with Crippen LogP contribution >= 0.6 is 12.2 Å². The second kappa shape index (κ2) is 8.81. The molecule has 3 aromatic rings. The summed E-state index contributed by atoms with van der Waals surface area (Å²) >= 11 is 5.81. The Kier molecular flexibility index (Phi) is 6.12. The number of thiocarbonyl (C=S) groups is 1. The minimum Gasteiger partial charge on any atom is -0.352 e. The van der Waals surface area contributed by atoms with Gasteiger partial charge in [0.2, 0.25) is 0 Å². The molecule has 31 heavy (non-hydrogen) atoms. The van der Waals surface area contributed by atoms with Crippen LogP contribution in [0.5, 0.6) is 0 Å². The third-order valence-corrected chi connectivity index (χ3v) is 6.48. The second-order valence-corrected chi connectivity index (χ2v) is 8.96. The average molecular weight is 434 g/mol. The highest BCUT2D eigenvalue weighted by atomic mass is 32.1. The summed E-state index contributed by atoms with van der Waals surface area (Å²) in [6, 6.07) is 17.1. The first kappa shape index (κ1) is 21.5. The standard InChI is InChI=1S/C25H31N5S/c1-17-10-6-7-12-22(17)30-18(2)16-20(19(30)3)24-23(21-11-8-9-13-26-21)27-25(31)29(24)15-14-28(4)5/h6-13,16,23-24H,14-15H2,1-5H3,(H,27,31)/t23-,24-/m1/s1. The lowest BCUT2D eigenvalue weighted by atomic mass is 9.96. The predicted octanol–water partition coefficient (Wildman–Crippen LogP) is 4.33. The van der Waals surface area contributed by atoms with Gasteiger partial charge in [0.1, 0.15) is 0 Å². The quantitative estimate of drug-likeness (QED) is 0.586. The number of hydrogen-bond donors (Lipinski definition) is 1. The number of nitrogens with one attached hydrogen (secondary N) is 1. The molecule has 6 heteroatoms. The highest BCUT2D eigenvalue weighted by Gasteiger charge is 2.41. The van der Waals surface area contributed by atoms with E-state index in [1.807, 2.05) is 18.3 Å². The molecule has 0 amide bonds. The van der Waals surface area contributed by atoms with Crippen molar-refractivity contribution < 1.29 is 0 Å². The molecule has 0 spiro atoms. The number of hydrogen-bond acceptors (Lipinski definition) is 3. The van der Waals surface area contributed by atoms with Crippen molar-refractivity contribution in [3.8, 4) is 5.69 Å². The smallest absolute Gasteiger partial charge is 0.170 e. The van der Waals surface area contributed by atoms with Crippen molar-refractivity contribution in [2.75, 3.05) is 27.2 Å². The normalized spacial score (nSPS) is 18.6. The molecule has 0 bridgehead atoms. The van der Waals surface area contributed by atoms with Crippen LogP contribution in [0.4, 0.5) is 0 Å². The van der Waals surface area contributed by atoms with Crippen LogP contribution in [-0.2, 0) is 0 Å². The van der Waals surface area contributed by atoms with Crippen molar-refractivity contribution >= 4 is 17.3 Å². The third-order valence-electron chi connectivity index (χ3n) is 6.13. The summed E-state index contributed by atoms with van der Waals surface area (Å²) in [4.78, 5) is 9.20. The molecular formula is C25H31N5S. The molecule has 2 atom stereocenters. The molecule has 1 fully saturated rings. The van der Waals surface area contributed by atoms with E-state index in [1.54, 1.807) is 0 Å². The van der Waals surface area contributed by atoms with Crippen molar-refractivity contribution in [1.29, 1.82) is 0 Å². The van der Waals surface area contributed by atoms with Crippen LogP contribution in [0.25, 0.3) is 5.69 Å². The van der Waals surface area contributed by atoms with Gasteiger partial charge >= 0.3 is 0 Å². The molecule has 1 saturated heterocycles. The number of aromatic nitrogens is 2. The zero-order chi connectivity index (χ0) is 22.1. The second-order valence-electron chi connectivity index (χ2n) is 8.57. The monoisotopic (exact) mass is 433 g/mol. The van der Waals surface area contributed by atoms with Crippen LogP contribution in [0.1, 0.15) is 40.3 Å². The molecule has 0 aliphatic carbocycles. The Morgan fingerprint density at radius 3 is 2.48 bits per heavy atom. The van der Waals surface area contributed by atoms with E-state index >= 15 is 0 Å². The lowest BCUT2D eigenvalue weighted by Crippen LogP contribution is -2.35. The Hall–Kier alpha value is -2.70.